The second kappa shape index (κ2) is 9.81. The molecule has 8 nitrogen and oxygen atoms in total. The van der Waals surface area contributed by atoms with Gasteiger partial charge in [-0.2, -0.15) is 0 Å². The van der Waals surface area contributed by atoms with Crippen LogP contribution in [-0.2, 0) is 9.59 Å². The molecule has 1 aromatic rings. The summed E-state index contributed by atoms with van der Waals surface area (Å²) in [5.74, 6) is 0.816. The Bertz CT molecular complexity index is 1180. The van der Waals surface area contributed by atoms with Crippen LogP contribution in [0.5, 0.6) is 11.5 Å². The normalized spacial score (nSPS) is 33.9. The average Bonchev–Trinajstić information content (AvgIpc) is 3.04. The second-order valence-corrected chi connectivity index (χ2v) is 12.9. The van der Waals surface area contributed by atoms with Crippen LogP contribution in [0, 0.1) is 11.3 Å². The molecule has 0 aromatic heterocycles. The third-order valence-corrected chi connectivity index (χ3v) is 10.1. The fraction of sp³-hybridized carbons (Fsp3) is 0.677. The van der Waals surface area contributed by atoms with Gasteiger partial charge in [-0.15, -0.1) is 0 Å². The summed E-state index contributed by atoms with van der Waals surface area (Å²) >= 11 is 0. The molecule has 4 aliphatic rings. The first-order chi connectivity index (χ1) is 18.4. The fourth-order valence-corrected chi connectivity index (χ4v) is 7.64. The Balaban J connectivity index is 1.55. The van der Waals surface area contributed by atoms with Crippen molar-refractivity contribution in [1.82, 2.24) is 9.80 Å². The van der Waals surface area contributed by atoms with Gasteiger partial charge in [0, 0.05) is 25.0 Å². The number of amides is 2. The number of piperidine rings is 1. The summed E-state index contributed by atoms with van der Waals surface area (Å²) in [7, 11) is 1.88. The standard InChI is InChI=1S/C31H45N3O5/c1-8-30(19(3)4)18-34-15-10-13-31(37,9-2)26(34)28(36)33(7)23(30)17-21-20-11-12-22-25(24(20)32-27(21)35)38-16-14-29(5,6)39-22/h11-12,14,16,19,21,23,26,37H,8-10,13,15,17-18H2,1-7H3,(H,32,35)/t21-,23+,26-,30-,31+/m0/s1. The third-order valence-electron chi connectivity index (χ3n) is 10.1. The highest BCUT2D eigenvalue weighted by molar-refractivity contribution is 6.05. The first kappa shape index (κ1) is 28.0. The van der Waals surface area contributed by atoms with E-state index in [-0.39, 0.29) is 29.2 Å². The molecule has 214 valence electrons. The van der Waals surface area contributed by atoms with Crippen molar-refractivity contribution >= 4 is 17.5 Å². The van der Waals surface area contributed by atoms with E-state index in [2.05, 4.69) is 31.0 Å². The molecule has 0 aliphatic carbocycles. The molecular weight excluding hydrogens is 494 g/mol. The number of anilines is 1. The van der Waals surface area contributed by atoms with Crippen molar-refractivity contribution < 1.29 is 24.2 Å². The van der Waals surface area contributed by atoms with E-state index in [4.69, 9.17) is 9.47 Å². The summed E-state index contributed by atoms with van der Waals surface area (Å²) < 4.78 is 12.1. The van der Waals surface area contributed by atoms with Crippen LogP contribution in [0.25, 0.3) is 0 Å². The molecule has 5 atom stereocenters. The molecule has 5 rings (SSSR count). The number of rotatable bonds is 5. The Hall–Kier alpha value is -2.58. The van der Waals surface area contributed by atoms with Gasteiger partial charge in [-0.3, -0.25) is 14.5 Å². The van der Waals surface area contributed by atoms with E-state index < -0.39 is 23.2 Å². The number of hydrogen-bond acceptors (Lipinski definition) is 6. The highest BCUT2D eigenvalue weighted by Crippen LogP contribution is 2.52. The molecular formula is C31H45N3O5. The predicted molar refractivity (Wildman–Crippen MR) is 151 cm³/mol. The number of aliphatic hydroxyl groups is 1. The largest absolute Gasteiger partial charge is 0.480 e. The monoisotopic (exact) mass is 539 g/mol. The Labute approximate surface area is 232 Å². The van der Waals surface area contributed by atoms with E-state index in [0.717, 1.165) is 31.5 Å². The quantitative estimate of drug-likeness (QED) is 0.565. The van der Waals surface area contributed by atoms with Crippen LogP contribution in [0.4, 0.5) is 5.69 Å². The molecule has 0 unspecified atom stereocenters. The Morgan fingerprint density at radius 2 is 1.92 bits per heavy atom. The number of nitrogens with one attached hydrogen (secondary N) is 1. The molecule has 2 N–H and O–H groups in total. The molecule has 4 aliphatic heterocycles. The van der Waals surface area contributed by atoms with E-state index in [1.165, 1.54) is 0 Å². The van der Waals surface area contributed by atoms with E-state index in [9.17, 15) is 14.7 Å². The van der Waals surface area contributed by atoms with Gasteiger partial charge in [-0.25, -0.2) is 0 Å². The molecule has 1 aromatic carbocycles. The first-order valence-corrected chi connectivity index (χ1v) is 14.6. The van der Waals surface area contributed by atoms with Crippen LogP contribution in [0.2, 0.25) is 0 Å². The van der Waals surface area contributed by atoms with Gasteiger partial charge in [0.05, 0.1) is 23.5 Å². The maximum absolute atomic E-state index is 14.2. The maximum atomic E-state index is 14.2. The number of fused-ring (bicyclic) bond motifs is 4. The second-order valence-electron chi connectivity index (χ2n) is 12.9. The summed E-state index contributed by atoms with van der Waals surface area (Å²) in [6.45, 7) is 14.1. The molecule has 8 heteroatoms. The van der Waals surface area contributed by atoms with Crippen LogP contribution in [0.3, 0.4) is 0 Å². The fourth-order valence-electron chi connectivity index (χ4n) is 7.64. The Morgan fingerprint density at radius 1 is 1.18 bits per heavy atom. The molecule has 2 saturated heterocycles. The predicted octanol–water partition coefficient (Wildman–Crippen LogP) is 4.67. The zero-order chi connectivity index (χ0) is 28.3. The van der Waals surface area contributed by atoms with Crippen molar-refractivity contribution in [2.45, 2.75) is 103 Å². The minimum atomic E-state index is -1.04. The lowest BCUT2D eigenvalue weighted by molar-refractivity contribution is -0.152. The summed E-state index contributed by atoms with van der Waals surface area (Å²) in [4.78, 5) is 31.9. The van der Waals surface area contributed by atoms with Gasteiger partial charge in [-0.05, 0) is 76.1 Å². The zero-order valence-electron chi connectivity index (χ0n) is 24.5. The first-order valence-electron chi connectivity index (χ1n) is 14.6. The van der Waals surface area contributed by atoms with E-state index in [1.54, 1.807) is 6.26 Å². The topological polar surface area (TPSA) is 91.3 Å². The highest BCUT2D eigenvalue weighted by Gasteiger charge is 2.57. The Morgan fingerprint density at radius 3 is 2.59 bits per heavy atom. The number of likely N-dealkylation sites (N-methyl/N-ethyl adjacent to an activating group) is 1. The van der Waals surface area contributed by atoms with Gasteiger partial charge in [0.25, 0.3) is 0 Å². The molecule has 0 radical (unpaired) electrons. The van der Waals surface area contributed by atoms with E-state index >= 15 is 0 Å². The van der Waals surface area contributed by atoms with Gasteiger partial charge < -0.3 is 24.8 Å². The highest BCUT2D eigenvalue weighted by atomic mass is 16.5. The van der Waals surface area contributed by atoms with Crippen LogP contribution in [0.15, 0.2) is 24.5 Å². The lowest BCUT2D eigenvalue weighted by Crippen LogP contribution is -2.62. The van der Waals surface area contributed by atoms with Crippen LogP contribution in [0.1, 0.15) is 85.1 Å². The lowest BCUT2D eigenvalue weighted by atomic mass is 9.66. The lowest BCUT2D eigenvalue weighted by Gasteiger charge is -2.49. The SMILES string of the molecule is CC[C@@]1(O)CCCN2C[C@@](CC)(C(C)C)[C@@H](C[C@@H]3C(=O)Nc4c3ccc3c4OC=CC(C)(C)O3)N(C)C(=O)[C@H]21. The van der Waals surface area contributed by atoms with Gasteiger partial charge in [-0.1, -0.05) is 33.8 Å². The minimum Gasteiger partial charge on any atom is -0.480 e. The van der Waals surface area contributed by atoms with Crippen molar-refractivity contribution in [1.29, 1.82) is 0 Å². The molecule has 0 spiro atoms. The minimum absolute atomic E-state index is 0.0373. The summed E-state index contributed by atoms with van der Waals surface area (Å²) in [6, 6.07) is 3.10. The van der Waals surface area contributed by atoms with Crippen LogP contribution >= 0.6 is 0 Å². The number of nitrogens with zero attached hydrogens (tertiary/aromatic N) is 2. The summed E-state index contributed by atoms with van der Waals surface area (Å²) in [5.41, 5.74) is -0.293. The molecule has 2 amide bonds. The molecule has 39 heavy (non-hydrogen) atoms. The third kappa shape index (κ3) is 4.44. The van der Waals surface area contributed by atoms with E-state index in [0.29, 0.717) is 36.4 Å². The summed E-state index contributed by atoms with van der Waals surface area (Å²) in [5, 5.41) is 14.7. The van der Waals surface area contributed by atoms with Crippen molar-refractivity contribution in [3.8, 4) is 11.5 Å². The molecule has 4 heterocycles. The number of ether oxygens (including phenoxy) is 2. The van der Waals surface area contributed by atoms with Crippen molar-refractivity contribution in [3.63, 3.8) is 0 Å². The zero-order valence-corrected chi connectivity index (χ0v) is 24.5. The molecule has 0 saturated carbocycles. The number of benzene rings is 1. The maximum Gasteiger partial charge on any atom is 0.242 e. The van der Waals surface area contributed by atoms with Crippen molar-refractivity contribution in [2.75, 3.05) is 25.5 Å². The summed E-state index contributed by atoms with van der Waals surface area (Å²) in [6.07, 6.45) is 6.88. The average molecular weight is 540 g/mol. The van der Waals surface area contributed by atoms with Crippen LogP contribution < -0.4 is 14.8 Å². The van der Waals surface area contributed by atoms with Crippen LogP contribution in [-0.4, -0.2) is 70.1 Å². The van der Waals surface area contributed by atoms with Crippen molar-refractivity contribution in [3.05, 3.63) is 30.0 Å². The Kier molecular flexibility index (Phi) is 7.03. The number of carbonyl (C=O) groups is 2. The number of carbonyl (C=O) groups excluding carboxylic acids is 2. The molecule has 2 fully saturated rings. The van der Waals surface area contributed by atoms with E-state index in [1.807, 2.05) is 50.9 Å². The van der Waals surface area contributed by atoms with Gasteiger partial charge in [0.2, 0.25) is 11.8 Å². The van der Waals surface area contributed by atoms with Gasteiger partial charge >= 0.3 is 0 Å². The van der Waals surface area contributed by atoms with Gasteiger partial charge in [0.1, 0.15) is 11.6 Å². The smallest absolute Gasteiger partial charge is 0.242 e. The van der Waals surface area contributed by atoms with Crippen molar-refractivity contribution in [2.24, 2.45) is 11.3 Å². The molecule has 0 bridgehead atoms. The number of hydrogen-bond donors (Lipinski definition) is 2. The van der Waals surface area contributed by atoms with Gasteiger partial charge in [0.15, 0.2) is 11.5 Å².